The first kappa shape index (κ1) is 25.7. The van der Waals surface area contributed by atoms with Gasteiger partial charge in [0.15, 0.2) is 0 Å². The third-order valence-electron chi connectivity index (χ3n) is 5.90. The fourth-order valence-electron chi connectivity index (χ4n) is 4.31. The first-order valence-electron chi connectivity index (χ1n) is 11.5. The van der Waals surface area contributed by atoms with Gasteiger partial charge in [0.2, 0.25) is 7.41 Å². The molecule has 0 bridgehead atoms. The molecule has 4 nitrogen and oxygen atoms in total. The van der Waals surface area contributed by atoms with Crippen molar-refractivity contribution in [2.24, 2.45) is 0 Å². The molecule has 4 rings (SSSR count). The number of rotatable bonds is 9. The van der Waals surface area contributed by atoms with Crippen LogP contribution in [-0.4, -0.2) is 24.0 Å². The van der Waals surface area contributed by atoms with E-state index in [0.717, 1.165) is 15.9 Å². The summed E-state index contributed by atoms with van der Waals surface area (Å²) >= 11 is 1.37. The van der Waals surface area contributed by atoms with Crippen LogP contribution < -0.4 is 21.0 Å². The normalized spacial score (nSPS) is 12.6. The molecule has 4 aromatic rings. The van der Waals surface area contributed by atoms with E-state index < -0.39 is 19.6 Å². The quantitative estimate of drug-likeness (QED) is 0.141. The molecule has 0 amide bonds. The summed E-state index contributed by atoms with van der Waals surface area (Å²) in [7, 11) is -1.45. The van der Waals surface area contributed by atoms with Crippen LogP contribution in [0.15, 0.2) is 132 Å². The lowest BCUT2D eigenvalue weighted by molar-refractivity contribution is -0.450. The molecule has 182 valence electrons. The van der Waals surface area contributed by atoms with Gasteiger partial charge in [0.1, 0.15) is 20.9 Å². The molecule has 0 aliphatic rings. The van der Waals surface area contributed by atoms with Crippen molar-refractivity contribution in [3.05, 3.63) is 138 Å². The molecule has 0 saturated heterocycles. The van der Waals surface area contributed by atoms with Crippen LogP contribution in [-0.2, 0) is 9.53 Å². The van der Waals surface area contributed by atoms with Crippen molar-refractivity contribution in [2.75, 3.05) is 13.4 Å². The summed E-state index contributed by atoms with van der Waals surface area (Å²) in [5.74, 6) is -0.503. The van der Waals surface area contributed by atoms with Gasteiger partial charge < -0.3 is 9.84 Å². The molecule has 0 radical (unpaired) electrons. The molecule has 0 fully saturated rings. The second-order valence-electron chi connectivity index (χ2n) is 7.96. The van der Waals surface area contributed by atoms with Crippen LogP contribution in [0.3, 0.4) is 0 Å². The van der Waals surface area contributed by atoms with Gasteiger partial charge in [-0.2, -0.15) is 0 Å². The molecule has 1 atom stereocenters. The van der Waals surface area contributed by atoms with E-state index in [1.807, 2.05) is 95.9 Å². The molecule has 0 aromatic heterocycles. The molecule has 4 aromatic carbocycles. The van der Waals surface area contributed by atoms with Crippen molar-refractivity contribution >= 4 is 41.1 Å². The molecule has 0 saturated carbocycles. The highest BCUT2D eigenvalue weighted by molar-refractivity contribution is 8.03. The fraction of sp³-hybridized carbons (Fsp3) is 0.100. The molecular formula is C30H28NO3PS. The van der Waals surface area contributed by atoms with Crippen molar-refractivity contribution < 1.29 is 14.6 Å². The smallest absolute Gasteiger partial charge is 0.333 e. The molecule has 0 aliphatic carbocycles. The Hall–Kier alpha value is -3.37. The SMILES string of the molecule is COC(=O)/C=C(\SC)N(C([O-])c1ccccc1)[P+](c1ccccc1)(c1ccccc1)c1ccccc1. The number of hydrogen-bond acceptors (Lipinski definition) is 5. The van der Waals surface area contributed by atoms with Crippen molar-refractivity contribution in [1.29, 1.82) is 0 Å². The zero-order valence-corrected chi connectivity index (χ0v) is 21.9. The molecule has 0 spiro atoms. The van der Waals surface area contributed by atoms with Crippen LogP contribution in [0.4, 0.5) is 0 Å². The van der Waals surface area contributed by atoms with E-state index in [9.17, 15) is 9.90 Å². The Morgan fingerprint density at radius 3 is 1.53 bits per heavy atom. The third-order valence-corrected chi connectivity index (χ3v) is 11.0. The predicted octanol–water partition coefficient (Wildman–Crippen LogP) is 4.63. The van der Waals surface area contributed by atoms with Crippen molar-refractivity contribution in [3.8, 4) is 0 Å². The van der Waals surface area contributed by atoms with E-state index in [1.54, 1.807) is 0 Å². The standard InChI is InChI=1S/C30H28NO3PS/c1-34-29(32)23-28(36-2)31(30(33)24-15-7-3-8-16-24)35(25-17-9-4-10-18-25,26-19-11-5-12-20-26)27-21-13-6-14-22-27/h3-23,30H,1-2H3/b28-23-. The van der Waals surface area contributed by atoms with Crippen molar-refractivity contribution in [1.82, 2.24) is 4.67 Å². The van der Waals surface area contributed by atoms with E-state index in [-0.39, 0.29) is 0 Å². The van der Waals surface area contributed by atoms with Gasteiger partial charge in [-0.25, -0.2) is 9.46 Å². The number of esters is 1. The largest absolute Gasteiger partial charge is 0.830 e. The highest BCUT2D eigenvalue weighted by Gasteiger charge is 2.53. The lowest BCUT2D eigenvalue weighted by atomic mass is 10.2. The average Bonchev–Trinajstić information content (AvgIpc) is 2.96. The summed E-state index contributed by atoms with van der Waals surface area (Å²) in [6, 6.07) is 39.7. The molecule has 0 heterocycles. The van der Waals surface area contributed by atoms with Crippen LogP contribution in [0.2, 0.25) is 0 Å². The summed E-state index contributed by atoms with van der Waals surface area (Å²) in [4.78, 5) is 12.6. The lowest BCUT2D eigenvalue weighted by Crippen LogP contribution is -2.47. The number of carbonyl (C=O) groups is 1. The molecule has 36 heavy (non-hydrogen) atoms. The number of benzene rings is 4. The second-order valence-corrected chi connectivity index (χ2v) is 12.0. The van der Waals surface area contributed by atoms with Crippen molar-refractivity contribution in [3.63, 3.8) is 0 Å². The molecule has 6 heteroatoms. The minimum Gasteiger partial charge on any atom is -0.830 e. The number of methoxy groups -OCH3 is 1. The Labute approximate surface area is 217 Å². The molecular weight excluding hydrogens is 485 g/mol. The topological polar surface area (TPSA) is 52.6 Å². The number of hydrogen-bond donors (Lipinski definition) is 0. The predicted molar refractivity (Wildman–Crippen MR) is 150 cm³/mol. The maximum Gasteiger partial charge on any atom is 0.333 e. The van der Waals surface area contributed by atoms with Gasteiger partial charge >= 0.3 is 5.97 Å². The van der Waals surface area contributed by atoms with Crippen molar-refractivity contribution in [2.45, 2.75) is 6.23 Å². The molecule has 1 unspecified atom stereocenters. The summed E-state index contributed by atoms with van der Waals surface area (Å²) in [6.07, 6.45) is 2.03. The first-order chi connectivity index (χ1) is 17.6. The molecule has 0 aliphatic heterocycles. The highest BCUT2D eigenvalue weighted by Crippen LogP contribution is 2.63. The van der Waals surface area contributed by atoms with Gasteiger partial charge in [0, 0.05) is 6.23 Å². The minimum absolute atomic E-state index is 0.503. The Balaban J connectivity index is 2.15. The maximum absolute atomic E-state index is 14.6. The van der Waals surface area contributed by atoms with Gasteiger partial charge in [0.05, 0.1) is 13.2 Å². The minimum atomic E-state index is -2.80. The van der Waals surface area contributed by atoms with Crippen LogP contribution in [0.5, 0.6) is 0 Å². The Kier molecular flexibility index (Phi) is 8.61. The zero-order chi connectivity index (χ0) is 25.4. The van der Waals surface area contributed by atoms with Crippen LogP contribution in [0.1, 0.15) is 11.8 Å². The maximum atomic E-state index is 14.6. The molecule has 0 N–H and O–H groups in total. The van der Waals surface area contributed by atoms with E-state index >= 15 is 0 Å². The van der Waals surface area contributed by atoms with Crippen LogP contribution in [0, 0.1) is 0 Å². The van der Waals surface area contributed by atoms with Gasteiger partial charge in [-0.3, -0.25) is 0 Å². The highest BCUT2D eigenvalue weighted by atomic mass is 32.2. The fourth-order valence-corrected chi connectivity index (χ4v) is 9.67. The Morgan fingerprint density at radius 2 is 1.17 bits per heavy atom. The number of nitrogens with zero attached hydrogens (tertiary/aromatic N) is 1. The monoisotopic (exact) mass is 513 g/mol. The zero-order valence-electron chi connectivity index (χ0n) is 20.2. The summed E-state index contributed by atoms with van der Waals surface area (Å²) in [5.41, 5.74) is 0.620. The Morgan fingerprint density at radius 1 is 0.778 bits per heavy atom. The van der Waals surface area contributed by atoms with E-state index in [2.05, 4.69) is 36.4 Å². The number of ether oxygens (including phenoxy) is 1. The second kappa shape index (κ2) is 12.0. The van der Waals surface area contributed by atoms with Gasteiger partial charge in [-0.05, 0) is 48.2 Å². The van der Waals surface area contributed by atoms with E-state index in [0.29, 0.717) is 10.6 Å². The summed E-state index contributed by atoms with van der Waals surface area (Å²) in [5, 5.41) is 18.2. The summed E-state index contributed by atoms with van der Waals surface area (Å²) < 4.78 is 6.92. The lowest BCUT2D eigenvalue weighted by Gasteiger charge is -2.46. The van der Waals surface area contributed by atoms with E-state index in [4.69, 9.17) is 4.74 Å². The third kappa shape index (κ3) is 5.10. The summed E-state index contributed by atoms with van der Waals surface area (Å²) in [6.45, 7) is 0. The van der Waals surface area contributed by atoms with Gasteiger partial charge in [0.25, 0.3) is 0 Å². The van der Waals surface area contributed by atoms with Gasteiger partial charge in [-0.1, -0.05) is 84.9 Å². The number of thioether (sulfide) groups is 1. The first-order valence-corrected chi connectivity index (χ1v) is 14.5. The van der Waals surface area contributed by atoms with Crippen LogP contribution >= 0.6 is 19.2 Å². The van der Waals surface area contributed by atoms with E-state index in [1.165, 1.54) is 24.9 Å². The van der Waals surface area contributed by atoms with Crippen LogP contribution in [0.25, 0.3) is 0 Å². The number of carbonyl (C=O) groups excluding carboxylic acids is 1. The average molecular weight is 514 g/mol. The Bertz CT molecular complexity index is 1190. The van der Waals surface area contributed by atoms with Gasteiger partial charge in [-0.15, -0.1) is 11.8 Å².